The van der Waals surface area contributed by atoms with Gasteiger partial charge in [-0.3, -0.25) is 0 Å². The van der Waals surface area contributed by atoms with E-state index in [0.29, 0.717) is 0 Å². The summed E-state index contributed by atoms with van der Waals surface area (Å²) in [6.45, 7) is 2.20. The molecule has 4 rings (SSSR count). The number of hydrogen-bond acceptors (Lipinski definition) is 0. The van der Waals surface area contributed by atoms with E-state index in [1.807, 2.05) is 0 Å². The Bertz CT molecular complexity index is 810. The Hall–Kier alpha value is -2.34. The van der Waals surface area contributed by atoms with Gasteiger partial charge in [0.05, 0.1) is 0 Å². The number of fused-ring (bicyclic) bond motifs is 3. The molecule has 108 valence electrons. The molecular weight excluding hydrogens is 264 g/mol. The highest BCUT2D eigenvalue weighted by Crippen LogP contribution is 2.38. The van der Waals surface area contributed by atoms with Crippen LogP contribution >= 0.6 is 0 Å². The molecule has 0 nitrogen and oxygen atoms in total. The lowest BCUT2D eigenvalue weighted by Gasteiger charge is -2.09. The van der Waals surface area contributed by atoms with Gasteiger partial charge < -0.3 is 0 Å². The Balaban J connectivity index is 1.69. The molecule has 0 radical (unpaired) electrons. The van der Waals surface area contributed by atoms with Gasteiger partial charge in [-0.05, 0) is 58.2 Å². The zero-order chi connectivity index (χ0) is 14.9. The maximum atomic E-state index is 2.29. The largest absolute Gasteiger partial charge is 0.0619 e. The number of hydrogen-bond donors (Lipinski definition) is 0. The number of benzene rings is 3. The van der Waals surface area contributed by atoms with Crippen molar-refractivity contribution in [1.29, 1.82) is 0 Å². The third-order valence-electron chi connectivity index (χ3n) is 4.77. The van der Waals surface area contributed by atoms with Gasteiger partial charge >= 0.3 is 0 Å². The zero-order valence-electron chi connectivity index (χ0n) is 13.0. The van der Waals surface area contributed by atoms with Crippen LogP contribution in [0.3, 0.4) is 0 Å². The summed E-state index contributed by atoms with van der Waals surface area (Å²) in [5, 5.41) is 0. The van der Waals surface area contributed by atoms with Crippen molar-refractivity contribution in [3.63, 3.8) is 0 Å². The van der Waals surface area contributed by atoms with Crippen LogP contribution in [0.15, 0.2) is 66.7 Å². The van der Waals surface area contributed by atoms with Crippen molar-refractivity contribution in [3.8, 4) is 11.1 Å². The Kier molecular flexibility index (Phi) is 3.31. The SMILES string of the molecule is CCc1ccc(Cc2cccc3c2Cc2ccccc2-3)cc1. The van der Waals surface area contributed by atoms with Gasteiger partial charge in [0, 0.05) is 0 Å². The quantitative estimate of drug-likeness (QED) is 0.472. The molecule has 0 atom stereocenters. The second-order valence-corrected chi connectivity index (χ2v) is 6.12. The number of rotatable bonds is 3. The van der Waals surface area contributed by atoms with Crippen LogP contribution in [0.25, 0.3) is 11.1 Å². The van der Waals surface area contributed by atoms with Crippen LogP contribution in [0.1, 0.15) is 34.7 Å². The normalized spacial score (nSPS) is 12.0. The van der Waals surface area contributed by atoms with E-state index in [9.17, 15) is 0 Å². The van der Waals surface area contributed by atoms with Gasteiger partial charge in [0.2, 0.25) is 0 Å². The molecule has 0 saturated heterocycles. The van der Waals surface area contributed by atoms with Crippen LogP contribution < -0.4 is 0 Å². The third kappa shape index (κ3) is 2.25. The van der Waals surface area contributed by atoms with Crippen molar-refractivity contribution in [2.24, 2.45) is 0 Å². The van der Waals surface area contributed by atoms with E-state index in [-0.39, 0.29) is 0 Å². The van der Waals surface area contributed by atoms with Gasteiger partial charge in [-0.25, -0.2) is 0 Å². The Morgan fingerprint density at radius 3 is 2.27 bits per heavy atom. The Labute approximate surface area is 132 Å². The minimum absolute atomic E-state index is 1.03. The molecule has 22 heavy (non-hydrogen) atoms. The van der Waals surface area contributed by atoms with Gasteiger partial charge in [0.15, 0.2) is 0 Å². The first-order valence-corrected chi connectivity index (χ1v) is 8.12. The summed E-state index contributed by atoms with van der Waals surface area (Å²) in [7, 11) is 0. The smallest absolute Gasteiger partial charge is 0.00106 e. The first-order chi connectivity index (χ1) is 10.8. The Morgan fingerprint density at radius 2 is 1.45 bits per heavy atom. The van der Waals surface area contributed by atoms with Gasteiger partial charge in [-0.15, -0.1) is 0 Å². The summed E-state index contributed by atoms with van der Waals surface area (Å²) in [5.41, 5.74) is 10.1. The first kappa shape index (κ1) is 13.3. The molecule has 0 amide bonds. The summed E-state index contributed by atoms with van der Waals surface area (Å²) in [5.74, 6) is 0. The van der Waals surface area contributed by atoms with Crippen molar-refractivity contribution in [2.45, 2.75) is 26.2 Å². The van der Waals surface area contributed by atoms with Crippen LogP contribution in [0.5, 0.6) is 0 Å². The minimum Gasteiger partial charge on any atom is -0.0619 e. The lowest BCUT2D eigenvalue weighted by atomic mass is 9.95. The van der Waals surface area contributed by atoms with Crippen molar-refractivity contribution >= 4 is 0 Å². The van der Waals surface area contributed by atoms with Gasteiger partial charge in [-0.2, -0.15) is 0 Å². The van der Waals surface area contributed by atoms with Crippen LogP contribution in [0.4, 0.5) is 0 Å². The molecule has 0 aliphatic heterocycles. The summed E-state index contributed by atoms with van der Waals surface area (Å²) >= 11 is 0. The molecule has 0 spiro atoms. The second kappa shape index (κ2) is 5.46. The topological polar surface area (TPSA) is 0 Å². The highest BCUT2D eigenvalue weighted by Gasteiger charge is 2.20. The van der Waals surface area contributed by atoms with Crippen molar-refractivity contribution in [3.05, 3.63) is 94.5 Å². The maximum Gasteiger partial charge on any atom is -0.00106 e. The first-order valence-electron chi connectivity index (χ1n) is 8.12. The predicted molar refractivity (Wildman–Crippen MR) is 93.3 cm³/mol. The van der Waals surface area contributed by atoms with Crippen molar-refractivity contribution < 1.29 is 0 Å². The molecule has 0 saturated carbocycles. The fourth-order valence-corrected chi connectivity index (χ4v) is 3.50. The van der Waals surface area contributed by atoms with E-state index in [1.54, 1.807) is 0 Å². The van der Waals surface area contributed by atoms with E-state index < -0.39 is 0 Å². The molecule has 0 aromatic heterocycles. The van der Waals surface area contributed by atoms with E-state index in [4.69, 9.17) is 0 Å². The van der Waals surface area contributed by atoms with E-state index in [2.05, 4.69) is 73.7 Å². The molecule has 0 fully saturated rings. The van der Waals surface area contributed by atoms with E-state index in [0.717, 1.165) is 19.3 Å². The molecule has 0 heteroatoms. The van der Waals surface area contributed by atoms with Crippen molar-refractivity contribution in [1.82, 2.24) is 0 Å². The summed E-state index contributed by atoms with van der Waals surface area (Å²) in [4.78, 5) is 0. The lowest BCUT2D eigenvalue weighted by molar-refractivity contribution is 1.10. The van der Waals surface area contributed by atoms with Crippen molar-refractivity contribution in [2.75, 3.05) is 0 Å². The van der Waals surface area contributed by atoms with Crippen LogP contribution in [0.2, 0.25) is 0 Å². The zero-order valence-corrected chi connectivity index (χ0v) is 13.0. The van der Waals surface area contributed by atoms with Gasteiger partial charge in [0.1, 0.15) is 0 Å². The molecule has 0 heterocycles. The molecule has 0 unspecified atom stereocenters. The molecule has 0 N–H and O–H groups in total. The van der Waals surface area contributed by atoms with E-state index in [1.165, 1.54) is 38.9 Å². The van der Waals surface area contributed by atoms with Crippen LogP contribution in [-0.4, -0.2) is 0 Å². The average Bonchev–Trinajstić information content (AvgIpc) is 2.95. The van der Waals surface area contributed by atoms with E-state index >= 15 is 0 Å². The lowest BCUT2D eigenvalue weighted by Crippen LogP contribution is -1.95. The second-order valence-electron chi connectivity index (χ2n) is 6.12. The average molecular weight is 284 g/mol. The third-order valence-corrected chi connectivity index (χ3v) is 4.77. The van der Waals surface area contributed by atoms with Crippen LogP contribution in [-0.2, 0) is 19.3 Å². The highest BCUT2D eigenvalue weighted by molar-refractivity contribution is 5.78. The molecular formula is C22H20. The number of aryl methyl sites for hydroxylation is 1. The summed E-state index contributed by atoms with van der Waals surface area (Å²) < 4.78 is 0. The Morgan fingerprint density at radius 1 is 0.727 bits per heavy atom. The monoisotopic (exact) mass is 284 g/mol. The minimum atomic E-state index is 1.03. The highest BCUT2D eigenvalue weighted by atomic mass is 14.2. The fourth-order valence-electron chi connectivity index (χ4n) is 3.50. The molecule has 0 bridgehead atoms. The maximum absolute atomic E-state index is 2.29. The summed E-state index contributed by atoms with van der Waals surface area (Å²) in [6, 6.07) is 24.6. The fraction of sp³-hybridized carbons (Fsp3) is 0.182. The molecule has 1 aliphatic rings. The van der Waals surface area contributed by atoms with Gasteiger partial charge in [0.25, 0.3) is 0 Å². The van der Waals surface area contributed by atoms with Crippen LogP contribution in [0, 0.1) is 0 Å². The molecule has 1 aliphatic carbocycles. The predicted octanol–water partition coefficient (Wildman–Crippen LogP) is 5.41. The molecule has 3 aromatic carbocycles. The molecule has 3 aromatic rings. The standard InChI is InChI=1S/C22H20/c1-2-16-10-12-17(13-11-16)14-18-7-5-9-21-20-8-4-3-6-19(20)15-22(18)21/h3-13H,2,14-15H2,1H3. The van der Waals surface area contributed by atoms with Gasteiger partial charge in [-0.1, -0.05) is 73.7 Å². The summed E-state index contributed by atoms with van der Waals surface area (Å²) in [6.07, 6.45) is 3.21.